The number of carboxylic acids is 1. The summed E-state index contributed by atoms with van der Waals surface area (Å²) in [6.07, 6.45) is 0. The largest absolute Gasteiger partial charge is 0.506 e. The highest BCUT2D eigenvalue weighted by Gasteiger charge is 2.35. The smallest absolute Gasteiger partial charge is 0.324 e. The van der Waals surface area contributed by atoms with Gasteiger partial charge in [0.15, 0.2) is 0 Å². The van der Waals surface area contributed by atoms with E-state index in [9.17, 15) is 23.4 Å². The molecular weight excluding hydrogens is 433 g/mol. The van der Waals surface area contributed by atoms with Crippen molar-refractivity contribution >= 4 is 51.0 Å². The maximum absolute atomic E-state index is 12.3. The molecule has 2 aromatic carbocycles. The highest BCUT2D eigenvalue weighted by molar-refractivity contribution is 8.01. The number of hydrogen-bond acceptors (Lipinski definition) is 5. The van der Waals surface area contributed by atoms with E-state index in [0.717, 1.165) is 23.9 Å². The van der Waals surface area contributed by atoms with Crippen molar-refractivity contribution in [3.63, 3.8) is 0 Å². The number of halogens is 2. The molecule has 0 bridgehead atoms. The van der Waals surface area contributed by atoms with Crippen LogP contribution in [0.4, 0.5) is 0 Å². The SMILES string of the molecule is CC(SCCNS(=O)(=O)c1cc(Cl)c(Cl)cc1O)(C(=O)O)c1ccccc1. The van der Waals surface area contributed by atoms with Gasteiger partial charge in [-0.2, -0.15) is 0 Å². The molecule has 0 heterocycles. The summed E-state index contributed by atoms with van der Waals surface area (Å²) >= 11 is 12.6. The second-order valence-electron chi connectivity index (χ2n) is 5.68. The van der Waals surface area contributed by atoms with Gasteiger partial charge in [-0.15, -0.1) is 11.8 Å². The van der Waals surface area contributed by atoms with Gasteiger partial charge >= 0.3 is 5.97 Å². The average molecular weight is 450 g/mol. The van der Waals surface area contributed by atoms with Crippen LogP contribution in [0.1, 0.15) is 12.5 Å². The predicted octanol–water partition coefficient (Wildman–Crippen LogP) is 3.71. The van der Waals surface area contributed by atoms with Gasteiger partial charge in [-0.3, -0.25) is 4.79 Å². The molecule has 0 aliphatic carbocycles. The summed E-state index contributed by atoms with van der Waals surface area (Å²) in [6, 6.07) is 10.8. The molecule has 6 nitrogen and oxygen atoms in total. The molecular formula is C17H17Cl2NO5S2. The maximum Gasteiger partial charge on any atom is 0.324 e. The van der Waals surface area contributed by atoms with Crippen molar-refractivity contribution in [3.05, 3.63) is 58.1 Å². The van der Waals surface area contributed by atoms with Crippen LogP contribution < -0.4 is 4.72 Å². The van der Waals surface area contributed by atoms with Crippen LogP contribution >= 0.6 is 35.0 Å². The van der Waals surface area contributed by atoms with Gasteiger partial charge in [0, 0.05) is 18.4 Å². The van der Waals surface area contributed by atoms with E-state index in [1.165, 1.54) is 0 Å². The zero-order valence-corrected chi connectivity index (χ0v) is 17.3. The Morgan fingerprint density at radius 1 is 1.19 bits per heavy atom. The summed E-state index contributed by atoms with van der Waals surface area (Å²) in [5.74, 6) is -1.35. The number of aromatic hydroxyl groups is 1. The molecule has 0 radical (unpaired) electrons. The van der Waals surface area contributed by atoms with E-state index in [2.05, 4.69) is 4.72 Å². The third-order valence-electron chi connectivity index (χ3n) is 3.81. The Labute approximate surface area is 171 Å². The highest BCUT2D eigenvalue weighted by Crippen LogP contribution is 2.36. The van der Waals surface area contributed by atoms with E-state index in [0.29, 0.717) is 5.56 Å². The molecule has 1 unspecified atom stereocenters. The van der Waals surface area contributed by atoms with Crippen molar-refractivity contribution < 1.29 is 23.4 Å². The van der Waals surface area contributed by atoms with Crippen molar-refractivity contribution in [2.45, 2.75) is 16.6 Å². The molecule has 2 rings (SSSR count). The Kier molecular flexibility index (Phi) is 7.04. The highest BCUT2D eigenvalue weighted by atomic mass is 35.5. The standard InChI is InChI=1S/C17H17Cl2NO5S2/c1-17(16(22)23,11-5-3-2-4-6-11)26-8-7-20-27(24,25)15-10-13(19)12(18)9-14(15)21/h2-6,9-10,20-21H,7-8H2,1H3,(H,22,23). The minimum absolute atomic E-state index is 0.00764. The van der Waals surface area contributed by atoms with Crippen molar-refractivity contribution in [2.24, 2.45) is 0 Å². The second kappa shape index (κ2) is 8.70. The number of thioether (sulfide) groups is 1. The van der Waals surface area contributed by atoms with Gasteiger partial charge in [0.1, 0.15) is 15.4 Å². The van der Waals surface area contributed by atoms with Crippen molar-refractivity contribution in [3.8, 4) is 5.75 Å². The van der Waals surface area contributed by atoms with E-state index < -0.39 is 31.4 Å². The first-order valence-electron chi connectivity index (χ1n) is 7.68. The molecule has 1 atom stereocenters. The van der Waals surface area contributed by atoms with Gasteiger partial charge in [-0.05, 0) is 18.6 Å². The zero-order chi connectivity index (χ0) is 20.2. The molecule has 0 saturated heterocycles. The fraction of sp³-hybridized carbons (Fsp3) is 0.235. The molecule has 0 amide bonds. The summed E-state index contributed by atoms with van der Waals surface area (Å²) in [7, 11) is -4.04. The van der Waals surface area contributed by atoms with E-state index >= 15 is 0 Å². The number of nitrogens with one attached hydrogen (secondary N) is 1. The minimum atomic E-state index is -4.04. The van der Waals surface area contributed by atoms with Gasteiger partial charge in [0.25, 0.3) is 0 Å². The molecule has 0 aliphatic rings. The van der Waals surface area contributed by atoms with Crippen LogP contribution in [0.5, 0.6) is 5.75 Å². The van der Waals surface area contributed by atoms with Gasteiger partial charge in [-0.25, -0.2) is 13.1 Å². The first kappa shape index (κ1) is 21.8. The van der Waals surface area contributed by atoms with E-state index in [-0.39, 0.29) is 22.3 Å². The third kappa shape index (κ3) is 5.08. The number of hydrogen-bond donors (Lipinski definition) is 3. The normalized spacial score (nSPS) is 13.9. The number of aliphatic carboxylic acids is 1. The summed E-state index contributed by atoms with van der Waals surface area (Å²) in [5.41, 5.74) is 0.604. The number of benzene rings is 2. The van der Waals surface area contributed by atoms with Gasteiger partial charge in [0.05, 0.1) is 10.0 Å². The summed E-state index contributed by atoms with van der Waals surface area (Å²) in [4.78, 5) is 11.3. The molecule has 0 saturated carbocycles. The molecule has 2 aromatic rings. The van der Waals surface area contributed by atoms with Gasteiger partial charge < -0.3 is 10.2 Å². The fourth-order valence-electron chi connectivity index (χ4n) is 2.27. The lowest BCUT2D eigenvalue weighted by molar-refractivity contribution is -0.139. The molecule has 0 aromatic heterocycles. The first-order chi connectivity index (χ1) is 12.6. The quantitative estimate of drug-likeness (QED) is 0.530. The van der Waals surface area contributed by atoms with Crippen LogP contribution in [0.25, 0.3) is 0 Å². The fourth-order valence-corrected chi connectivity index (χ4v) is 4.95. The van der Waals surface area contributed by atoms with Crippen LogP contribution in [0.15, 0.2) is 47.4 Å². The topological polar surface area (TPSA) is 104 Å². The number of sulfonamides is 1. The Morgan fingerprint density at radius 2 is 1.78 bits per heavy atom. The predicted molar refractivity (Wildman–Crippen MR) is 107 cm³/mol. The van der Waals surface area contributed by atoms with Crippen LogP contribution in [0.2, 0.25) is 10.0 Å². The van der Waals surface area contributed by atoms with Gasteiger partial charge in [0.2, 0.25) is 10.0 Å². The first-order valence-corrected chi connectivity index (χ1v) is 10.9. The summed E-state index contributed by atoms with van der Waals surface area (Å²) in [6.45, 7) is 1.52. The maximum atomic E-state index is 12.3. The molecule has 0 fully saturated rings. The summed E-state index contributed by atoms with van der Waals surface area (Å²) < 4.78 is 25.8. The molecule has 146 valence electrons. The minimum Gasteiger partial charge on any atom is -0.506 e. The number of phenols is 1. The Morgan fingerprint density at radius 3 is 2.37 bits per heavy atom. The lowest BCUT2D eigenvalue weighted by Gasteiger charge is -2.24. The van der Waals surface area contributed by atoms with Gasteiger partial charge in [-0.1, -0.05) is 53.5 Å². The number of rotatable bonds is 8. The number of carbonyl (C=O) groups is 1. The number of phenolic OH excluding ortho intramolecular Hbond substituents is 1. The second-order valence-corrected chi connectivity index (χ2v) is 9.75. The van der Waals surface area contributed by atoms with E-state index in [1.54, 1.807) is 37.3 Å². The lowest BCUT2D eigenvalue weighted by atomic mass is 10.0. The summed E-state index contributed by atoms with van der Waals surface area (Å²) in [5, 5.41) is 19.4. The number of carboxylic acid groups (broad SMARTS) is 1. The molecule has 0 aliphatic heterocycles. The molecule has 0 spiro atoms. The Balaban J connectivity index is 2.07. The zero-order valence-electron chi connectivity index (χ0n) is 14.1. The van der Waals surface area contributed by atoms with Crippen LogP contribution in [0, 0.1) is 0 Å². The van der Waals surface area contributed by atoms with Crippen LogP contribution in [-0.2, 0) is 19.6 Å². The van der Waals surface area contributed by atoms with Crippen LogP contribution in [0.3, 0.4) is 0 Å². The average Bonchev–Trinajstić information content (AvgIpc) is 2.62. The van der Waals surface area contributed by atoms with Crippen LogP contribution in [-0.4, -0.2) is 36.9 Å². The Hall–Kier alpha value is -1.45. The molecule has 27 heavy (non-hydrogen) atoms. The molecule has 10 heteroatoms. The van der Waals surface area contributed by atoms with Crippen molar-refractivity contribution in [1.82, 2.24) is 4.72 Å². The van der Waals surface area contributed by atoms with E-state index in [4.69, 9.17) is 23.2 Å². The van der Waals surface area contributed by atoms with Crippen molar-refractivity contribution in [2.75, 3.05) is 12.3 Å². The monoisotopic (exact) mass is 449 g/mol. The third-order valence-corrected chi connectivity index (χ3v) is 7.42. The van der Waals surface area contributed by atoms with Crippen molar-refractivity contribution in [1.29, 1.82) is 0 Å². The van der Waals surface area contributed by atoms with E-state index in [1.807, 2.05) is 0 Å². The lowest BCUT2D eigenvalue weighted by Crippen LogP contribution is -2.32. The molecule has 3 N–H and O–H groups in total. The Bertz CT molecular complexity index is 938.